The van der Waals surface area contributed by atoms with Crippen LogP contribution in [-0.4, -0.2) is 91.2 Å². The maximum atomic E-state index is 13.8. The number of nitrogens with zero attached hydrogens (tertiary/aromatic N) is 7. The second-order valence-corrected chi connectivity index (χ2v) is 12.9. The van der Waals surface area contributed by atoms with E-state index in [1.165, 1.54) is 4.90 Å². The summed E-state index contributed by atoms with van der Waals surface area (Å²) in [5.74, 6) is -1.000. The molecule has 1 amide bonds. The number of amides is 1. The van der Waals surface area contributed by atoms with Crippen molar-refractivity contribution in [2.24, 2.45) is 5.41 Å². The molecule has 0 bridgehead atoms. The van der Waals surface area contributed by atoms with E-state index in [2.05, 4.69) is 64.4 Å². The van der Waals surface area contributed by atoms with Crippen LogP contribution < -0.4 is 14.5 Å². The number of piperazine rings is 1. The Hall–Kier alpha value is -3.94. The second-order valence-electron chi connectivity index (χ2n) is 12.5. The predicted molar refractivity (Wildman–Crippen MR) is 176 cm³/mol. The summed E-state index contributed by atoms with van der Waals surface area (Å²) in [5.41, 5.74) is 3.09. The fourth-order valence-electron chi connectivity index (χ4n) is 6.62. The second kappa shape index (κ2) is 12.8. The van der Waals surface area contributed by atoms with Gasteiger partial charge >= 0.3 is 6.01 Å². The zero-order valence-electron chi connectivity index (χ0n) is 25.9. The molecular weight excluding hydrogens is 593 g/mol. The third kappa shape index (κ3) is 6.42. The van der Waals surface area contributed by atoms with Crippen LogP contribution in [0.2, 0.25) is 5.02 Å². The van der Waals surface area contributed by atoms with Crippen LogP contribution in [0.4, 0.5) is 15.9 Å². The van der Waals surface area contributed by atoms with Crippen molar-refractivity contribution in [1.82, 2.24) is 19.8 Å². The molecule has 236 valence electrons. The van der Waals surface area contributed by atoms with E-state index >= 15 is 0 Å². The monoisotopic (exact) mass is 631 g/mol. The van der Waals surface area contributed by atoms with E-state index in [1.807, 2.05) is 12.1 Å². The summed E-state index contributed by atoms with van der Waals surface area (Å²) in [6.07, 6.45) is 2.92. The molecule has 45 heavy (non-hydrogen) atoms. The average molecular weight is 632 g/mol. The SMILES string of the molecule is [C-]#[N+]C[C@H]1CN(c2nc(OCC3(CN(C)CC)CC3)nc3c2CCN(c2cccc4cccc(Cl)c24)C3)CCN1C(=O)C(=C)F. The minimum absolute atomic E-state index is 0.0647. The Balaban J connectivity index is 1.33. The molecule has 1 saturated carbocycles. The van der Waals surface area contributed by atoms with Crippen molar-refractivity contribution >= 4 is 39.8 Å². The van der Waals surface area contributed by atoms with Gasteiger partial charge in [-0.05, 0) is 50.4 Å². The van der Waals surface area contributed by atoms with Crippen LogP contribution in [0.25, 0.3) is 15.6 Å². The number of hydrogen-bond donors (Lipinski definition) is 0. The highest BCUT2D eigenvalue weighted by Gasteiger charge is 2.44. The smallest absolute Gasteiger partial charge is 0.318 e. The number of fused-ring (bicyclic) bond motifs is 2. The summed E-state index contributed by atoms with van der Waals surface area (Å²) in [7, 11) is 2.13. The predicted octanol–water partition coefficient (Wildman–Crippen LogP) is 5.38. The quantitative estimate of drug-likeness (QED) is 0.220. The highest BCUT2D eigenvalue weighted by Crippen LogP contribution is 2.46. The lowest BCUT2D eigenvalue weighted by atomic mass is 10.0. The topological polar surface area (TPSA) is 69.4 Å². The number of anilines is 2. The number of carbonyl (C=O) groups excluding carboxylic acids is 1. The molecule has 2 aromatic carbocycles. The van der Waals surface area contributed by atoms with Gasteiger partial charge in [-0.25, -0.2) is 11.0 Å². The van der Waals surface area contributed by atoms with Crippen molar-refractivity contribution in [3.05, 3.63) is 76.5 Å². The molecule has 2 aliphatic heterocycles. The Morgan fingerprint density at radius 2 is 1.98 bits per heavy atom. The number of rotatable bonds is 10. The van der Waals surface area contributed by atoms with Crippen molar-refractivity contribution in [2.45, 2.75) is 38.8 Å². The molecule has 0 spiro atoms. The number of aromatic nitrogens is 2. The van der Waals surface area contributed by atoms with Gasteiger partial charge in [-0.1, -0.05) is 49.4 Å². The lowest BCUT2D eigenvalue weighted by Crippen LogP contribution is -2.57. The first-order valence-electron chi connectivity index (χ1n) is 15.6. The van der Waals surface area contributed by atoms with E-state index in [4.69, 9.17) is 32.9 Å². The number of hydrogen-bond acceptors (Lipinski definition) is 7. The first-order chi connectivity index (χ1) is 21.7. The number of carbonyl (C=O) groups is 1. The van der Waals surface area contributed by atoms with Crippen molar-refractivity contribution in [2.75, 3.05) is 69.3 Å². The van der Waals surface area contributed by atoms with Crippen LogP contribution in [-0.2, 0) is 17.8 Å². The van der Waals surface area contributed by atoms with Crippen LogP contribution in [0.3, 0.4) is 0 Å². The summed E-state index contributed by atoms with van der Waals surface area (Å²) in [4.78, 5) is 34.2. The lowest BCUT2D eigenvalue weighted by Gasteiger charge is -2.41. The van der Waals surface area contributed by atoms with Crippen molar-refractivity contribution < 1.29 is 13.9 Å². The molecule has 1 aliphatic carbocycles. The van der Waals surface area contributed by atoms with E-state index < -0.39 is 17.8 Å². The number of ether oxygens (including phenoxy) is 1. The molecule has 1 aromatic heterocycles. The van der Waals surface area contributed by atoms with Gasteiger partial charge in [-0.15, -0.1) is 0 Å². The normalized spacial score (nSPS) is 18.9. The molecule has 3 aliphatic rings. The number of benzene rings is 2. The Morgan fingerprint density at radius 3 is 2.69 bits per heavy atom. The Kier molecular flexibility index (Phi) is 8.85. The third-order valence-electron chi connectivity index (χ3n) is 9.38. The van der Waals surface area contributed by atoms with Crippen LogP contribution in [0, 0.1) is 12.0 Å². The summed E-state index contributed by atoms with van der Waals surface area (Å²) in [5, 5.41) is 2.81. The van der Waals surface area contributed by atoms with Crippen molar-refractivity contribution in [1.29, 1.82) is 0 Å². The fraction of sp³-hybridized carbons (Fsp3) is 0.471. The summed E-state index contributed by atoms with van der Waals surface area (Å²) < 4.78 is 20.2. The van der Waals surface area contributed by atoms with Gasteiger partial charge in [-0.2, -0.15) is 9.97 Å². The summed E-state index contributed by atoms with van der Waals surface area (Å²) in [6.45, 7) is 17.8. The molecule has 0 radical (unpaired) electrons. The zero-order valence-corrected chi connectivity index (χ0v) is 26.7. The Bertz CT molecular complexity index is 1650. The molecule has 11 heteroatoms. The van der Waals surface area contributed by atoms with Crippen LogP contribution >= 0.6 is 11.6 Å². The van der Waals surface area contributed by atoms with Gasteiger partial charge < -0.3 is 29.2 Å². The minimum atomic E-state index is -1.01. The van der Waals surface area contributed by atoms with E-state index in [1.54, 1.807) is 0 Å². The van der Waals surface area contributed by atoms with E-state index in [-0.39, 0.29) is 18.5 Å². The van der Waals surface area contributed by atoms with Crippen LogP contribution in [0.5, 0.6) is 6.01 Å². The molecule has 9 nitrogen and oxygen atoms in total. The molecule has 3 heterocycles. The van der Waals surface area contributed by atoms with E-state index in [0.717, 1.165) is 66.0 Å². The van der Waals surface area contributed by atoms with Gasteiger partial charge in [0, 0.05) is 54.8 Å². The fourth-order valence-corrected chi connectivity index (χ4v) is 6.90. The van der Waals surface area contributed by atoms with Crippen LogP contribution in [0.15, 0.2) is 48.8 Å². The molecule has 3 aromatic rings. The van der Waals surface area contributed by atoms with Gasteiger partial charge in [0.2, 0.25) is 6.54 Å². The standard InChI is InChI=1S/C34H39ClFN7O2/c1-5-40(4)21-34(13-14-34)22-45-33-38-28-20-41(29-11-7-9-24-8-6-10-27(35)30(24)29)15-12-26(28)31(39-33)42-16-17-43(32(44)23(2)36)25(19-42)18-37-3/h6-11,25H,2,5,12-22H2,1,4H3/t25-/m0/s1. The Morgan fingerprint density at radius 1 is 1.20 bits per heavy atom. The average Bonchev–Trinajstić information content (AvgIpc) is 3.81. The van der Waals surface area contributed by atoms with Gasteiger partial charge in [-0.3, -0.25) is 4.79 Å². The highest BCUT2D eigenvalue weighted by molar-refractivity contribution is 6.36. The maximum absolute atomic E-state index is 13.8. The third-order valence-corrected chi connectivity index (χ3v) is 9.70. The largest absolute Gasteiger partial charge is 0.463 e. The maximum Gasteiger partial charge on any atom is 0.318 e. The van der Waals surface area contributed by atoms with Gasteiger partial charge in [0.15, 0.2) is 5.83 Å². The molecule has 0 N–H and O–H groups in total. The van der Waals surface area contributed by atoms with Gasteiger partial charge in [0.25, 0.3) is 5.91 Å². The highest BCUT2D eigenvalue weighted by atomic mass is 35.5. The Labute approximate surface area is 269 Å². The summed E-state index contributed by atoms with van der Waals surface area (Å²) >= 11 is 6.70. The lowest BCUT2D eigenvalue weighted by molar-refractivity contribution is -0.131. The van der Waals surface area contributed by atoms with Gasteiger partial charge in [0.1, 0.15) is 11.9 Å². The van der Waals surface area contributed by atoms with Crippen molar-refractivity contribution in [3.8, 4) is 6.01 Å². The molecular formula is C34H39ClFN7O2. The van der Waals surface area contributed by atoms with Gasteiger partial charge in [0.05, 0.1) is 23.9 Å². The number of halogens is 2. The zero-order chi connectivity index (χ0) is 31.7. The molecule has 6 rings (SSSR count). The van der Waals surface area contributed by atoms with E-state index in [0.29, 0.717) is 43.7 Å². The first-order valence-corrected chi connectivity index (χ1v) is 16.0. The minimum Gasteiger partial charge on any atom is -0.463 e. The molecule has 1 saturated heterocycles. The van der Waals surface area contributed by atoms with Crippen molar-refractivity contribution in [3.63, 3.8) is 0 Å². The summed E-state index contributed by atoms with van der Waals surface area (Å²) in [6, 6.07) is 12.0. The van der Waals surface area contributed by atoms with Crippen LogP contribution in [0.1, 0.15) is 31.0 Å². The molecule has 2 fully saturated rings. The molecule has 1 atom stereocenters. The first kappa shape index (κ1) is 31.1. The molecule has 0 unspecified atom stereocenters. The van der Waals surface area contributed by atoms with E-state index in [9.17, 15) is 9.18 Å².